The van der Waals surface area contributed by atoms with Gasteiger partial charge < -0.3 is 0 Å². The molecule has 0 unspecified atom stereocenters. The van der Waals surface area contributed by atoms with Crippen LogP contribution in [0.2, 0.25) is 5.54 Å². The smallest absolute Gasteiger partial charge is 0.0647 e. The summed E-state index contributed by atoms with van der Waals surface area (Å²) < 4.78 is 0. The molecule has 0 saturated heterocycles. The number of benzene rings is 3. The van der Waals surface area contributed by atoms with Crippen LogP contribution in [-0.4, -0.2) is 8.07 Å². The molecule has 0 aromatic heterocycles. The third-order valence-electron chi connectivity index (χ3n) is 8.64. The highest BCUT2D eigenvalue weighted by atomic mass is 28.3. The van der Waals surface area contributed by atoms with Crippen molar-refractivity contribution in [1.82, 2.24) is 0 Å². The first kappa shape index (κ1) is 26.4. The zero-order valence-electron chi connectivity index (χ0n) is 24.1. The zero-order valence-corrected chi connectivity index (χ0v) is 25.1. The van der Waals surface area contributed by atoms with Gasteiger partial charge in [0.1, 0.15) is 0 Å². The van der Waals surface area contributed by atoms with E-state index in [1.807, 2.05) is 0 Å². The molecule has 4 rings (SSSR count). The molecule has 0 heterocycles. The molecular formula is C35H44Si. The van der Waals surface area contributed by atoms with Crippen LogP contribution in [0.5, 0.6) is 0 Å². The van der Waals surface area contributed by atoms with Gasteiger partial charge in [-0.1, -0.05) is 132 Å². The summed E-state index contributed by atoms with van der Waals surface area (Å²) in [5, 5.41) is 4.52. The van der Waals surface area contributed by atoms with Gasteiger partial charge in [-0.3, -0.25) is 0 Å². The van der Waals surface area contributed by atoms with Crippen molar-refractivity contribution in [3.8, 4) is 0 Å². The fourth-order valence-corrected chi connectivity index (χ4v) is 12.1. The van der Waals surface area contributed by atoms with Crippen LogP contribution in [0.1, 0.15) is 80.4 Å². The predicted octanol–water partition coefficient (Wildman–Crippen LogP) is 7.81. The van der Waals surface area contributed by atoms with E-state index in [0.717, 1.165) is 0 Å². The second kappa shape index (κ2) is 9.34. The van der Waals surface area contributed by atoms with Crippen LogP contribution < -0.4 is 15.6 Å². The molecule has 188 valence electrons. The lowest BCUT2D eigenvalue weighted by Gasteiger charge is -2.42. The third kappa shape index (κ3) is 4.37. The van der Waals surface area contributed by atoms with E-state index in [4.69, 9.17) is 0 Å². The maximum absolute atomic E-state index is 2.55. The van der Waals surface area contributed by atoms with Gasteiger partial charge in [0.25, 0.3) is 0 Å². The highest BCUT2D eigenvalue weighted by Crippen LogP contribution is 2.46. The van der Waals surface area contributed by atoms with Crippen molar-refractivity contribution in [2.75, 3.05) is 0 Å². The minimum atomic E-state index is -2.54. The fourth-order valence-electron chi connectivity index (χ4n) is 6.16. The third-order valence-corrected chi connectivity index (χ3v) is 14.1. The molecule has 0 atom stereocenters. The van der Waals surface area contributed by atoms with Gasteiger partial charge >= 0.3 is 0 Å². The van der Waals surface area contributed by atoms with E-state index >= 15 is 0 Å². The van der Waals surface area contributed by atoms with Crippen molar-refractivity contribution in [3.63, 3.8) is 0 Å². The van der Waals surface area contributed by atoms with Gasteiger partial charge in [0.15, 0.2) is 8.07 Å². The Morgan fingerprint density at radius 1 is 0.500 bits per heavy atom. The summed E-state index contributed by atoms with van der Waals surface area (Å²) in [6, 6.07) is 30.7. The molecule has 1 heteroatoms. The normalized spacial score (nSPS) is 15.7. The number of rotatable bonds is 4. The Labute approximate surface area is 221 Å². The molecule has 0 amide bonds. The van der Waals surface area contributed by atoms with Gasteiger partial charge in [0, 0.05) is 5.54 Å². The lowest BCUT2D eigenvalue weighted by Crippen LogP contribution is -2.70. The molecule has 0 N–H and O–H groups in total. The summed E-state index contributed by atoms with van der Waals surface area (Å²) in [6.07, 6.45) is 0. The quantitative estimate of drug-likeness (QED) is 0.257. The van der Waals surface area contributed by atoms with E-state index in [0.29, 0.717) is 5.54 Å². The minimum Gasteiger partial charge on any atom is -0.0647 e. The van der Waals surface area contributed by atoms with Crippen molar-refractivity contribution < 1.29 is 0 Å². The topological polar surface area (TPSA) is 0 Å². The lowest BCUT2D eigenvalue weighted by molar-refractivity contribution is 0.590. The molecule has 1 aliphatic rings. The molecule has 3 aromatic carbocycles. The van der Waals surface area contributed by atoms with Crippen molar-refractivity contribution in [2.45, 2.75) is 85.6 Å². The number of hydrogen-bond acceptors (Lipinski definition) is 0. The Kier molecular flexibility index (Phi) is 6.86. The standard InChI is InChI=1S/C35H44Si/c1-24-25(2)27(4)33(26(24)3)36(30-18-12-11-13-19-30,31-20-14-16-28(22-31)34(5,6)7)32-21-15-17-29(23-32)35(8,9)10/h11-23,33H,1-10H3. The van der Waals surface area contributed by atoms with Crippen LogP contribution in [0, 0.1) is 0 Å². The van der Waals surface area contributed by atoms with Crippen LogP contribution in [0.25, 0.3) is 0 Å². The molecular weight excluding hydrogens is 448 g/mol. The van der Waals surface area contributed by atoms with E-state index < -0.39 is 8.07 Å². The van der Waals surface area contributed by atoms with Gasteiger partial charge in [-0.25, -0.2) is 0 Å². The maximum Gasteiger partial charge on any atom is 0.159 e. The highest BCUT2D eigenvalue weighted by molar-refractivity contribution is 7.13. The van der Waals surface area contributed by atoms with Crippen molar-refractivity contribution in [3.05, 3.63) is 112 Å². The molecule has 0 fully saturated rings. The van der Waals surface area contributed by atoms with Crippen LogP contribution in [0.4, 0.5) is 0 Å². The first-order valence-corrected chi connectivity index (χ1v) is 15.5. The molecule has 0 nitrogen and oxygen atoms in total. The SMILES string of the molecule is CC1=C(C)C([Si](c2ccccc2)(c2cccc(C(C)(C)C)c2)c2cccc(C(C)(C)C)c2)C(C)=C1C. The number of allylic oxidation sites excluding steroid dienone is 4. The zero-order chi connectivity index (χ0) is 26.5. The molecule has 0 radical (unpaired) electrons. The van der Waals surface area contributed by atoms with Gasteiger partial charge in [0.2, 0.25) is 0 Å². The summed E-state index contributed by atoms with van der Waals surface area (Å²) in [4.78, 5) is 0. The van der Waals surface area contributed by atoms with Crippen molar-refractivity contribution in [2.24, 2.45) is 0 Å². The number of hydrogen-bond donors (Lipinski definition) is 0. The molecule has 36 heavy (non-hydrogen) atoms. The average molecular weight is 493 g/mol. The van der Waals surface area contributed by atoms with Crippen LogP contribution in [0.15, 0.2) is 101 Å². The Morgan fingerprint density at radius 3 is 1.28 bits per heavy atom. The molecule has 0 aliphatic heterocycles. The van der Waals surface area contributed by atoms with Gasteiger partial charge in [-0.15, -0.1) is 0 Å². The van der Waals surface area contributed by atoms with Gasteiger partial charge in [-0.2, -0.15) is 0 Å². The largest absolute Gasteiger partial charge is 0.159 e. The first-order chi connectivity index (χ1) is 16.8. The van der Waals surface area contributed by atoms with Gasteiger partial charge in [-0.05, 0) is 76.4 Å². The minimum absolute atomic E-state index is 0.0946. The second-order valence-electron chi connectivity index (χ2n) is 12.9. The van der Waals surface area contributed by atoms with Crippen molar-refractivity contribution in [1.29, 1.82) is 0 Å². The van der Waals surface area contributed by atoms with Crippen LogP contribution in [0.3, 0.4) is 0 Å². The monoisotopic (exact) mass is 492 g/mol. The first-order valence-electron chi connectivity index (χ1n) is 13.4. The van der Waals surface area contributed by atoms with E-state index in [-0.39, 0.29) is 10.8 Å². The van der Waals surface area contributed by atoms with Crippen molar-refractivity contribution >= 4 is 23.6 Å². The molecule has 0 spiro atoms. The van der Waals surface area contributed by atoms with E-state index in [9.17, 15) is 0 Å². The summed E-state index contributed by atoms with van der Waals surface area (Å²) in [6.45, 7) is 23.4. The fraction of sp³-hybridized carbons (Fsp3) is 0.371. The average Bonchev–Trinajstić information content (AvgIpc) is 3.03. The molecule has 0 saturated carbocycles. The maximum atomic E-state index is 2.55. The summed E-state index contributed by atoms with van der Waals surface area (Å²) >= 11 is 0. The Bertz CT molecular complexity index is 1240. The van der Waals surface area contributed by atoms with Gasteiger partial charge in [0.05, 0.1) is 0 Å². The second-order valence-corrected chi connectivity index (χ2v) is 16.8. The predicted molar refractivity (Wildman–Crippen MR) is 162 cm³/mol. The Morgan fingerprint density at radius 2 is 0.889 bits per heavy atom. The summed E-state index contributed by atoms with van der Waals surface area (Å²) in [5.41, 5.74) is 9.45. The summed E-state index contributed by atoms with van der Waals surface area (Å²) in [5.74, 6) is 0. The summed E-state index contributed by atoms with van der Waals surface area (Å²) in [7, 11) is -2.54. The Balaban J connectivity index is 2.20. The highest BCUT2D eigenvalue weighted by Gasteiger charge is 2.50. The molecule has 0 bridgehead atoms. The van der Waals surface area contributed by atoms with Crippen LogP contribution in [-0.2, 0) is 10.8 Å². The van der Waals surface area contributed by atoms with E-state index in [1.54, 1.807) is 11.1 Å². The van der Waals surface area contributed by atoms with Crippen LogP contribution >= 0.6 is 0 Å². The molecule has 1 aliphatic carbocycles. The Hall–Kier alpha value is -2.64. The van der Waals surface area contributed by atoms with E-state index in [1.165, 1.54) is 37.8 Å². The lowest BCUT2D eigenvalue weighted by atomic mass is 9.87. The van der Waals surface area contributed by atoms with E-state index in [2.05, 4.69) is 148 Å². The molecule has 3 aromatic rings.